The van der Waals surface area contributed by atoms with Crippen LogP contribution in [0.1, 0.15) is 6.92 Å². The molecule has 1 atom stereocenters. The zero-order valence-electron chi connectivity index (χ0n) is 4.00. The summed E-state index contributed by atoms with van der Waals surface area (Å²) in [5.41, 5.74) is 5.18. The molecule has 1 unspecified atom stereocenters. The van der Waals surface area contributed by atoms with Crippen molar-refractivity contribution in [2.45, 2.75) is 13.2 Å². The van der Waals surface area contributed by atoms with E-state index in [2.05, 4.69) is 15.2 Å². The number of amidine groups is 1. The average Bonchev–Trinajstić information content (AvgIpc) is 1.87. The predicted octanol–water partition coefficient (Wildman–Crippen LogP) is 0.113. The second-order valence-electron chi connectivity index (χ2n) is 1.31. The summed E-state index contributed by atoms with van der Waals surface area (Å²) in [7, 11) is 0. The van der Waals surface area contributed by atoms with E-state index in [0.717, 1.165) is 0 Å². The van der Waals surface area contributed by atoms with Gasteiger partial charge < -0.3 is 0 Å². The maximum atomic E-state index is 5.18. The Morgan fingerprint density at radius 1 is 1.71 bits per heavy atom. The van der Waals surface area contributed by atoms with Crippen LogP contribution in [0.5, 0.6) is 0 Å². The summed E-state index contributed by atoms with van der Waals surface area (Å²) in [5, 5.41) is 7.08. The standard InChI is InChI=1S/C3H6N4/c1-2-5-3(4)7-6-2/h3H,4H2,1H3. The van der Waals surface area contributed by atoms with E-state index in [1.807, 2.05) is 0 Å². The second kappa shape index (κ2) is 1.38. The van der Waals surface area contributed by atoms with Crippen molar-refractivity contribution in [2.24, 2.45) is 21.0 Å². The summed E-state index contributed by atoms with van der Waals surface area (Å²) < 4.78 is 0. The molecule has 1 rings (SSSR count). The lowest BCUT2D eigenvalue weighted by Crippen LogP contribution is -2.10. The van der Waals surface area contributed by atoms with Gasteiger partial charge in [0.2, 0.25) is 6.29 Å². The van der Waals surface area contributed by atoms with Gasteiger partial charge in [-0.05, 0) is 6.92 Å². The molecule has 4 nitrogen and oxygen atoms in total. The maximum absolute atomic E-state index is 5.18. The normalized spacial score (nSPS) is 28.3. The van der Waals surface area contributed by atoms with Gasteiger partial charge in [0.1, 0.15) is 5.84 Å². The van der Waals surface area contributed by atoms with Crippen LogP contribution in [0.2, 0.25) is 0 Å². The Balaban J connectivity index is 2.69. The number of rotatable bonds is 0. The zero-order chi connectivity index (χ0) is 5.28. The molecule has 38 valence electrons. The topological polar surface area (TPSA) is 63.1 Å². The molecule has 0 aromatic carbocycles. The van der Waals surface area contributed by atoms with Crippen molar-refractivity contribution in [2.75, 3.05) is 0 Å². The second-order valence-corrected chi connectivity index (χ2v) is 1.31. The highest BCUT2D eigenvalue weighted by molar-refractivity contribution is 5.80. The first-order valence-corrected chi connectivity index (χ1v) is 2.00. The highest BCUT2D eigenvalue weighted by Crippen LogP contribution is 1.96. The number of nitrogens with two attached hydrogens (primary N) is 1. The van der Waals surface area contributed by atoms with Crippen molar-refractivity contribution < 1.29 is 0 Å². The van der Waals surface area contributed by atoms with Gasteiger partial charge in [0.05, 0.1) is 0 Å². The minimum Gasteiger partial charge on any atom is -0.290 e. The Bertz CT molecular complexity index is 125. The van der Waals surface area contributed by atoms with Gasteiger partial charge in [-0.2, -0.15) is 0 Å². The molecule has 1 aliphatic rings. The van der Waals surface area contributed by atoms with Crippen LogP contribution in [-0.4, -0.2) is 12.1 Å². The van der Waals surface area contributed by atoms with Gasteiger partial charge in [0.25, 0.3) is 0 Å². The van der Waals surface area contributed by atoms with Gasteiger partial charge in [-0.15, -0.1) is 10.2 Å². The summed E-state index contributed by atoms with van der Waals surface area (Å²) in [6, 6.07) is 0. The zero-order valence-corrected chi connectivity index (χ0v) is 4.00. The van der Waals surface area contributed by atoms with E-state index >= 15 is 0 Å². The van der Waals surface area contributed by atoms with E-state index in [1.54, 1.807) is 6.92 Å². The van der Waals surface area contributed by atoms with Crippen LogP contribution < -0.4 is 5.73 Å². The van der Waals surface area contributed by atoms with E-state index in [0.29, 0.717) is 5.84 Å². The van der Waals surface area contributed by atoms with E-state index in [1.165, 1.54) is 0 Å². The Hall–Kier alpha value is -0.770. The quantitative estimate of drug-likeness (QED) is 0.459. The first-order chi connectivity index (χ1) is 3.29. The van der Waals surface area contributed by atoms with Crippen LogP contribution >= 0.6 is 0 Å². The molecule has 0 saturated heterocycles. The van der Waals surface area contributed by atoms with E-state index in [-0.39, 0.29) is 0 Å². The lowest BCUT2D eigenvalue weighted by atomic mass is 10.7. The van der Waals surface area contributed by atoms with Crippen molar-refractivity contribution in [3.63, 3.8) is 0 Å². The third kappa shape index (κ3) is 0.806. The van der Waals surface area contributed by atoms with Crippen molar-refractivity contribution in [3.8, 4) is 0 Å². The molecule has 0 aliphatic carbocycles. The third-order valence-corrected chi connectivity index (χ3v) is 0.640. The number of hydrogen-bond acceptors (Lipinski definition) is 4. The number of azo groups is 1. The monoisotopic (exact) mass is 98.1 g/mol. The fourth-order valence-electron chi connectivity index (χ4n) is 0.386. The lowest BCUT2D eigenvalue weighted by Gasteiger charge is -1.83. The van der Waals surface area contributed by atoms with Crippen LogP contribution in [-0.2, 0) is 0 Å². The number of nitrogens with zero attached hydrogens (tertiary/aromatic N) is 3. The predicted molar refractivity (Wildman–Crippen MR) is 25.9 cm³/mol. The van der Waals surface area contributed by atoms with Crippen LogP contribution in [0.25, 0.3) is 0 Å². The molecule has 0 amide bonds. The van der Waals surface area contributed by atoms with Crippen LogP contribution in [0.4, 0.5) is 0 Å². The summed E-state index contributed by atoms with van der Waals surface area (Å²) in [5.74, 6) is 0.660. The number of aliphatic imine (C=N–C) groups is 1. The largest absolute Gasteiger partial charge is 0.290 e. The molecular weight excluding hydrogens is 92.1 g/mol. The molecule has 1 heterocycles. The Morgan fingerprint density at radius 2 is 2.43 bits per heavy atom. The highest BCUT2D eigenvalue weighted by Gasteiger charge is 2.01. The highest BCUT2D eigenvalue weighted by atomic mass is 15.3. The van der Waals surface area contributed by atoms with Gasteiger partial charge in [-0.25, -0.2) is 4.99 Å². The molecule has 2 N–H and O–H groups in total. The van der Waals surface area contributed by atoms with E-state index in [4.69, 9.17) is 5.73 Å². The molecule has 0 fully saturated rings. The van der Waals surface area contributed by atoms with Crippen LogP contribution in [0.15, 0.2) is 15.2 Å². The summed E-state index contributed by atoms with van der Waals surface area (Å²) >= 11 is 0. The molecule has 0 radical (unpaired) electrons. The minimum atomic E-state index is -0.431. The molecular formula is C3H6N4. The van der Waals surface area contributed by atoms with Crippen molar-refractivity contribution in [1.82, 2.24) is 0 Å². The first-order valence-electron chi connectivity index (χ1n) is 2.00. The van der Waals surface area contributed by atoms with E-state index < -0.39 is 6.29 Å². The summed E-state index contributed by atoms with van der Waals surface area (Å²) in [6.45, 7) is 1.76. The van der Waals surface area contributed by atoms with Crippen LogP contribution in [0, 0.1) is 0 Å². The van der Waals surface area contributed by atoms with Crippen LogP contribution in [0.3, 0.4) is 0 Å². The maximum Gasteiger partial charge on any atom is 0.213 e. The van der Waals surface area contributed by atoms with Gasteiger partial charge in [-0.1, -0.05) is 0 Å². The third-order valence-electron chi connectivity index (χ3n) is 0.640. The Kier molecular flexibility index (Phi) is 0.867. The van der Waals surface area contributed by atoms with Gasteiger partial charge >= 0.3 is 0 Å². The molecule has 0 bridgehead atoms. The lowest BCUT2D eigenvalue weighted by molar-refractivity contribution is 0.749. The van der Waals surface area contributed by atoms with Crippen molar-refractivity contribution >= 4 is 5.84 Å². The Labute approximate surface area is 41.1 Å². The van der Waals surface area contributed by atoms with Gasteiger partial charge in [0, 0.05) is 0 Å². The SMILES string of the molecule is CC1=NC(N)N=N1. The van der Waals surface area contributed by atoms with Crippen molar-refractivity contribution in [3.05, 3.63) is 0 Å². The van der Waals surface area contributed by atoms with Gasteiger partial charge in [0.15, 0.2) is 0 Å². The fourth-order valence-corrected chi connectivity index (χ4v) is 0.386. The molecule has 0 saturated carbocycles. The van der Waals surface area contributed by atoms with E-state index in [9.17, 15) is 0 Å². The van der Waals surface area contributed by atoms with Gasteiger partial charge in [-0.3, -0.25) is 5.73 Å². The average molecular weight is 98.1 g/mol. The number of hydrogen-bond donors (Lipinski definition) is 1. The minimum absolute atomic E-state index is 0.431. The summed E-state index contributed by atoms with van der Waals surface area (Å²) in [6.07, 6.45) is -0.431. The molecule has 0 aromatic heterocycles. The molecule has 7 heavy (non-hydrogen) atoms. The molecule has 1 aliphatic heterocycles. The first kappa shape index (κ1) is 4.39. The molecule has 4 heteroatoms. The fraction of sp³-hybridized carbons (Fsp3) is 0.667. The molecule has 0 spiro atoms. The Morgan fingerprint density at radius 3 is 2.57 bits per heavy atom. The summed E-state index contributed by atoms with van der Waals surface area (Å²) in [4.78, 5) is 3.75. The molecule has 0 aromatic rings. The van der Waals surface area contributed by atoms with Crippen molar-refractivity contribution in [1.29, 1.82) is 0 Å². The smallest absolute Gasteiger partial charge is 0.213 e.